The summed E-state index contributed by atoms with van der Waals surface area (Å²) in [5, 5.41) is 7.72. The van der Waals surface area contributed by atoms with Crippen LogP contribution in [0, 0.1) is 0 Å². The molecule has 1 aliphatic carbocycles. The Kier molecular flexibility index (Phi) is 4.59. The number of methoxy groups -OCH3 is 2. The quantitative estimate of drug-likeness (QED) is 0.480. The summed E-state index contributed by atoms with van der Waals surface area (Å²) >= 11 is 0. The minimum Gasteiger partial charge on any atom is -0.493 e. The van der Waals surface area contributed by atoms with Crippen LogP contribution in [0.2, 0.25) is 0 Å². The van der Waals surface area contributed by atoms with Gasteiger partial charge in [-0.1, -0.05) is 0 Å². The molecular weight excluding hydrogens is 380 g/mol. The average molecular weight is 402 g/mol. The number of ether oxygens (including phenoxy) is 2. The first-order valence-corrected chi connectivity index (χ1v) is 9.79. The zero-order valence-electron chi connectivity index (χ0n) is 16.8. The zero-order valence-corrected chi connectivity index (χ0v) is 16.8. The smallest absolute Gasteiger partial charge is 0.229 e. The fourth-order valence-corrected chi connectivity index (χ4v) is 3.30. The maximum absolute atomic E-state index is 5.46. The predicted molar refractivity (Wildman–Crippen MR) is 116 cm³/mol. The maximum atomic E-state index is 5.46. The van der Waals surface area contributed by atoms with Gasteiger partial charge in [0.1, 0.15) is 5.82 Å². The molecule has 0 atom stereocenters. The Morgan fingerprint density at radius 3 is 2.43 bits per heavy atom. The van der Waals surface area contributed by atoms with E-state index in [9.17, 15) is 0 Å². The van der Waals surface area contributed by atoms with E-state index in [-0.39, 0.29) is 0 Å². The number of aromatic nitrogens is 4. The van der Waals surface area contributed by atoms with Gasteiger partial charge in [0.15, 0.2) is 11.5 Å². The standard InChI is InChI=1S/C22H22N6O2/c1-29-19-11-17-18(12-20(19)30-2)26-22(27-21(17)24-14-3-4-14)25-15-5-7-16(8-6-15)28-10-9-23-13-28/h5-14H,3-4H2,1-2H3,(H2,24,25,26,27). The van der Waals surface area contributed by atoms with Crippen molar-refractivity contribution in [2.75, 3.05) is 24.9 Å². The highest BCUT2D eigenvalue weighted by Gasteiger charge is 2.23. The molecule has 0 radical (unpaired) electrons. The lowest BCUT2D eigenvalue weighted by Crippen LogP contribution is -2.07. The maximum Gasteiger partial charge on any atom is 0.229 e. The average Bonchev–Trinajstić information content (AvgIpc) is 3.42. The molecule has 0 bridgehead atoms. The van der Waals surface area contributed by atoms with Gasteiger partial charge in [-0.2, -0.15) is 4.98 Å². The third-order valence-electron chi connectivity index (χ3n) is 5.05. The highest BCUT2D eigenvalue weighted by Crippen LogP contribution is 2.36. The lowest BCUT2D eigenvalue weighted by Gasteiger charge is -2.14. The molecule has 8 heteroatoms. The molecule has 8 nitrogen and oxygen atoms in total. The van der Waals surface area contributed by atoms with Crippen LogP contribution in [0.3, 0.4) is 0 Å². The van der Waals surface area contributed by atoms with Gasteiger partial charge in [0.25, 0.3) is 0 Å². The summed E-state index contributed by atoms with van der Waals surface area (Å²) in [6, 6.07) is 12.3. The minimum absolute atomic E-state index is 0.457. The van der Waals surface area contributed by atoms with Gasteiger partial charge in [-0.15, -0.1) is 0 Å². The number of hydrogen-bond donors (Lipinski definition) is 2. The normalized spacial score (nSPS) is 13.3. The summed E-state index contributed by atoms with van der Waals surface area (Å²) in [6.07, 6.45) is 7.74. The van der Waals surface area contributed by atoms with Crippen LogP contribution in [-0.2, 0) is 0 Å². The molecule has 0 unspecified atom stereocenters. The number of benzene rings is 2. The molecule has 2 N–H and O–H groups in total. The number of hydrogen-bond acceptors (Lipinski definition) is 7. The van der Waals surface area contributed by atoms with Gasteiger partial charge in [0.2, 0.25) is 5.95 Å². The molecule has 1 fully saturated rings. The van der Waals surface area contributed by atoms with E-state index in [2.05, 4.69) is 15.6 Å². The van der Waals surface area contributed by atoms with Gasteiger partial charge >= 0.3 is 0 Å². The van der Waals surface area contributed by atoms with E-state index >= 15 is 0 Å². The van der Waals surface area contributed by atoms with Crippen molar-refractivity contribution >= 4 is 28.4 Å². The third-order valence-corrected chi connectivity index (χ3v) is 5.05. The number of rotatable bonds is 7. The summed E-state index contributed by atoms with van der Waals surface area (Å²) in [5.41, 5.74) is 2.71. The molecular formula is C22H22N6O2. The summed E-state index contributed by atoms with van der Waals surface area (Å²) < 4.78 is 12.9. The van der Waals surface area contributed by atoms with Crippen molar-refractivity contribution in [1.29, 1.82) is 0 Å². The van der Waals surface area contributed by atoms with Crippen LogP contribution < -0.4 is 20.1 Å². The van der Waals surface area contributed by atoms with E-state index < -0.39 is 0 Å². The largest absolute Gasteiger partial charge is 0.493 e. The first-order chi connectivity index (χ1) is 14.7. The molecule has 0 aliphatic heterocycles. The lowest BCUT2D eigenvalue weighted by atomic mass is 10.2. The fraction of sp³-hybridized carbons (Fsp3) is 0.227. The first-order valence-electron chi connectivity index (χ1n) is 9.79. The van der Waals surface area contributed by atoms with Crippen molar-refractivity contribution in [3.8, 4) is 17.2 Å². The minimum atomic E-state index is 0.457. The zero-order chi connectivity index (χ0) is 20.5. The summed E-state index contributed by atoms with van der Waals surface area (Å²) in [4.78, 5) is 13.5. The van der Waals surface area contributed by atoms with Crippen molar-refractivity contribution in [3.05, 3.63) is 55.1 Å². The van der Waals surface area contributed by atoms with Crippen molar-refractivity contribution in [2.24, 2.45) is 0 Å². The van der Waals surface area contributed by atoms with Crippen LogP contribution >= 0.6 is 0 Å². The van der Waals surface area contributed by atoms with Crippen molar-refractivity contribution in [1.82, 2.24) is 19.5 Å². The summed E-state index contributed by atoms with van der Waals surface area (Å²) in [6.45, 7) is 0. The Hall–Kier alpha value is -3.81. The number of anilines is 3. The van der Waals surface area contributed by atoms with Crippen LogP contribution in [0.15, 0.2) is 55.1 Å². The third kappa shape index (κ3) is 3.59. The molecule has 2 aromatic carbocycles. The van der Waals surface area contributed by atoms with E-state index in [1.165, 1.54) is 0 Å². The van der Waals surface area contributed by atoms with Gasteiger partial charge in [0, 0.05) is 41.3 Å². The van der Waals surface area contributed by atoms with E-state index in [0.717, 1.165) is 40.9 Å². The molecule has 0 saturated heterocycles. The van der Waals surface area contributed by atoms with Crippen molar-refractivity contribution in [2.45, 2.75) is 18.9 Å². The van der Waals surface area contributed by atoms with Gasteiger partial charge < -0.3 is 24.7 Å². The molecule has 2 heterocycles. The SMILES string of the molecule is COc1cc2nc(Nc3ccc(-n4ccnc4)cc3)nc(NC3CC3)c2cc1OC. The van der Waals surface area contributed by atoms with E-state index in [0.29, 0.717) is 23.5 Å². The van der Waals surface area contributed by atoms with E-state index in [1.54, 1.807) is 26.7 Å². The highest BCUT2D eigenvalue weighted by atomic mass is 16.5. The van der Waals surface area contributed by atoms with Crippen molar-refractivity contribution in [3.63, 3.8) is 0 Å². The molecule has 5 rings (SSSR count). The van der Waals surface area contributed by atoms with E-state index in [4.69, 9.17) is 19.4 Å². The first kappa shape index (κ1) is 18.2. The Bertz CT molecular complexity index is 1170. The molecule has 152 valence electrons. The van der Waals surface area contributed by atoms with Gasteiger partial charge in [-0.3, -0.25) is 0 Å². The second-order valence-corrected chi connectivity index (χ2v) is 7.18. The Morgan fingerprint density at radius 1 is 1.00 bits per heavy atom. The van der Waals surface area contributed by atoms with Crippen molar-refractivity contribution < 1.29 is 9.47 Å². The number of imidazole rings is 1. The second kappa shape index (κ2) is 7.55. The predicted octanol–water partition coefficient (Wildman–Crippen LogP) is 4.15. The Morgan fingerprint density at radius 2 is 1.77 bits per heavy atom. The number of nitrogens with one attached hydrogen (secondary N) is 2. The van der Waals surface area contributed by atoms with Gasteiger partial charge in [0.05, 0.1) is 26.1 Å². The fourth-order valence-electron chi connectivity index (χ4n) is 3.30. The molecule has 1 saturated carbocycles. The molecule has 1 aliphatic rings. The molecule has 30 heavy (non-hydrogen) atoms. The lowest BCUT2D eigenvalue weighted by molar-refractivity contribution is 0.356. The van der Waals surface area contributed by atoms with Gasteiger partial charge in [-0.05, 0) is 43.2 Å². The topological polar surface area (TPSA) is 86.1 Å². The summed E-state index contributed by atoms with van der Waals surface area (Å²) in [5.74, 6) is 2.61. The second-order valence-electron chi connectivity index (χ2n) is 7.18. The molecule has 0 amide bonds. The monoisotopic (exact) mass is 402 g/mol. The summed E-state index contributed by atoms with van der Waals surface area (Å²) in [7, 11) is 3.25. The Labute approximate surface area is 173 Å². The molecule has 2 aromatic heterocycles. The van der Waals surface area contributed by atoms with Gasteiger partial charge in [-0.25, -0.2) is 9.97 Å². The Balaban J connectivity index is 1.50. The number of fused-ring (bicyclic) bond motifs is 1. The number of nitrogens with zero attached hydrogens (tertiary/aromatic N) is 4. The van der Waals surface area contributed by atoms with E-state index in [1.807, 2.05) is 47.2 Å². The van der Waals surface area contributed by atoms with Crippen LogP contribution in [0.25, 0.3) is 16.6 Å². The van der Waals surface area contributed by atoms with Crippen LogP contribution in [0.1, 0.15) is 12.8 Å². The van der Waals surface area contributed by atoms with Crippen LogP contribution in [0.4, 0.5) is 17.5 Å². The highest BCUT2D eigenvalue weighted by molar-refractivity contribution is 5.93. The molecule has 0 spiro atoms. The molecule has 4 aromatic rings. The van der Waals surface area contributed by atoms with Crippen LogP contribution in [0.5, 0.6) is 11.5 Å². The van der Waals surface area contributed by atoms with Crippen LogP contribution in [-0.4, -0.2) is 39.8 Å².